The van der Waals surface area contributed by atoms with Crippen LogP contribution in [0, 0.1) is 5.92 Å². The van der Waals surface area contributed by atoms with E-state index in [9.17, 15) is 0 Å². The van der Waals surface area contributed by atoms with E-state index in [4.69, 9.17) is 0 Å². The van der Waals surface area contributed by atoms with Crippen molar-refractivity contribution >= 4 is 0 Å². The molecule has 3 rings (SSSR count). The molecular weight excluding hydrogens is 258 g/mol. The van der Waals surface area contributed by atoms with Gasteiger partial charge in [0.15, 0.2) is 0 Å². The van der Waals surface area contributed by atoms with Crippen molar-refractivity contribution in [1.29, 1.82) is 0 Å². The molecule has 0 aliphatic carbocycles. The van der Waals surface area contributed by atoms with Crippen molar-refractivity contribution in [2.45, 2.75) is 25.7 Å². The molecule has 1 aromatic carbocycles. The number of rotatable bonds is 5. The van der Waals surface area contributed by atoms with Crippen LogP contribution in [0.2, 0.25) is 0 Å². The lowest BCUT2D eigenvalue weighted by Gasteiger charge is -2.32. The zero-order valence-electron chi connectivity index (χ0n) is 12.9. The molecule has 0 radical (unpaired) electrons. The van der Waals surface area contributed by atoms with Gasteiger partial charge in [-0.3, -0.25) is 0 Å². The maximum absolute atomic E-state index is 4.41. The highest BCUT2D eigenvalue weighted by Crippen LogP contribution is 2.21. The van der Waals surface area contributed by atoms with E-state index in [2.05, 4.69) is 51.8 Å². The Bertz CT molecular complexity index is 539. The molecule has 0 bridgehead atoms. The van der Waals surface area contributed by atoms with Crippen LogP contribution in [0.25, 0.3) is 0 Å². The van der Waals surface area contributed by atoms with Gasteiger partial charge in [-0.1, -0.05) is 30.3 Å². The Labute approximate surface area is 127 Å². The van der Waals surface area contributed by atoms with Crippen LogP contribution >= 0.6 is 0 Å². The second kappa shape index (κ2) is 6.90. The second-order valence-electron chi connectivity index (χ2n) is 6.18. The van der Waals surface area contributed by atoms with Crippen LogP contribution in [0.1, 0.15) is 24.2 Å². The number of benzene rings is 1. The lowest BCUT2D eigenvalue weighted by molar-refractivity contribution is 0.184. The molecule has 21 heavy (non-hydrogen) atoms. The summed E-state index contributed by atoms with van der Waals surface area (Å²) in [5.41, 5.74) is 1.49. The van der Waals surface area contributed by atoms with Crippen molar-refractivity contribution in [1.82, 2.24) is 14.5 Å². The fourth-order valence-corrected chi connectivity index (χ4v) is 3.26. The minimum atomic E-state index is 0.858. The van der Waals surface area contributed by atoms with Gasteiger partial charge in [0, 0.05) is 32.4 Å². The van der Waals surface area contributed by atoms with E-state index in [1.807, 2.05) is 12.4 Å². The number of aromatic nitrogens is 2. The molecule has 1 saturated heterocycles. The third kappa shape index (κ3) is 3.94. The zero-order valence-corrected chi connectivity index (χ0v) is 12.9. The molecule has 1 aliphatic heterocycles. The Kier molecular flexibility index (Phi) is 4.71. The number of likely N-dealkylation sites (tertiary alicyclic amines) is 1. The molecular formula is C18H25N3. The van der Waals surface area contributed by atoms with Crippen LogP contribution in [-0.2, 0) is 19.9 Å². The Morgan fingerprint density at radius 3 is 2.57 bits per heavy atom. The van der Waals surface area contributed by atoms with Crippen molar-refractivity contribution in [3.63, 3.8) is 0 Å². The van der Waals surface area contributed by atoms with Crippen LogP contribution in [0.15, 0.2) is 42.7 Å². The van der Waals surface area contributed by atoms with Gasteiger partial charge in [0.2, 0.25) is 0 Å². The summed E-state index contributed by atoms with van der Waals surface area (Å²) in [6.07, 6.45) is 8.88. The Morgan fingerprint density at radius 2 is 1.90 bits per heavy atom. The minimum Gasteiger partial charge on any atom is -0.338 e. The average molecular weight is 283 g/mol. The van der Waals surface area contributed by atoms with Gasteiger partial charge in [-0.05, 0) is 43.8 Å². The summed E-state index contributed by atoms with van der Waals surface area (Å²) in [6, 6.07) is 10.9. The van der Waals surface area contributed by atoms with E-state index in [0.29, 0.717) is 0 Å². The largest absolute Gasteiger partial charge is 0.338 e. The summed E-state index contributed by atoms with van der Waals surface area (Å²) in [5, 5.41) is 0. The lowest BCUT2D eigenvalue weighted by Crippen LogP contribution is -2.36. The molecule has 2 aromatic rings. The summed E-state index contributed by atoms with van der Waals surface area (Å²) >= 11 is 0. The van der Waals surface area contributed by atoms with Gasteiger partial charge in [-0.2, -0.15) is 0 Å². The molecule has 1 fully saturated rings. The van der Waals surface area contributed by atoms with Crippen molar-refractivity contribution in [2.75, 3.05) is 19.6 Å². The Balaban J connectivity index is 1.42. The molecule has 0 N–H and O–H groups in total. The first-order chi connectivity index (χ1) is 10.3. The number of piperidine rings is 1. The third-order valence-electron chi connectivity index (χ3n) is 4.65. The minimum absolute atomic E-state index is 0.858. The first kappa shape index (κ1) is 14.3. The molecule has 3 nitrogen and oxygen atoms in total. The van der Waals surface area contributed by atoms with Crippen LogP contribution in [-0.4, -0.2) is 34.1 Å². The molecule has 0 saturated carbocycles. The fourth-order valence-electron chi connectivity index (χ4n) is 3.26. The van der Waals surface area contributed by atoms with E-state index in [1.165, 1.54) is 43.7 Å². The quantitative estimate of drug-likeness (QED) is 0.841. The van der Waals surface area contributed by atoms with Crippen molar-refractivity contribution in [3.8, 4) is 0 Å². The lowest BCUT2D eigenvalue weighted by atomic mass is 9.90. The predicted molar refractivity (Wildman–Crippen MR) is 86.2 cm³/mol. The highest BCUT2D eigenvalue weighted by atomic mass is 15.1. The molecule has 2 heterocycles. The number of nitrogens with zero attached hydrogens (tertiary/aromatic N) is 3. The summed E-state index contributed by atoms with van der Waals surface area (Å²) in [6.45, 7) is 3.62. The second-order valence-corrected chi connectivity index (χ2v) is 6.18. The van der Waals surface area contributed by atoms with Crippen molar-refractivity contribution < 1.29 is 0 Å². The van der Waals surface area contributed by atoms with E-state index in [1.54, 1.807) is 0 Å². The molecule has 0 atom stereocenters. The predicted octanol–water partition coefficient (Wildman–Crippen LogP) is 2.92. The number of hydrogen-bond donors (Lipinski definition) is 0. The van der Waals surface area contributed by atoms with Crippen molar-refractivity contribution in [3.05, 3.63) is 54.1 Å². The monoisotopic (exact) mass is 283 g/mol. The zero-order chi connectivity index (χ0) is 14.5. The summed E-state index contributed by atoms with van der Waals surface area (Å²) in [7, 11) is 2.08. The standard InChI is InChI=1S/C18H25N3/c1-20-14-10-19-18(20)9-13-21-11-7-17(8-12-21)15-16-5-3-2-4-6-16/h2-6,10,14,17H,7-9,11-13,15H2,1H3. The van der Waals surface area contributed by atoms with E-state index < -0.39 is 0 Å². The molecule has 0 unspecified atom stereocenters. The van der Waals surface area contributed by atoms with Gasteiger partial charge in [-0.15, -0.1) is 0 Å². The van der Waals surface area contributed by atoms with Gasteiger partial charge in [0.25, 0.3) is 0 Å². The Morgan fingerprint density at radius 1 is 1.14 bits per heavy atom. The number of imidazole rings is 1. The number of aryl methyl sites for hydroxylation is 1. The maximum atomic E-state index is 4.41. The molecule has 1 aromatic heterocycles. The summed E-state index contributed by atoms with van der Waals surface area (Å²) in [5.74, 6) is 2.05. The van der Waals surface area contributed by atoms with E-state index in [-0.39, 0.29) is 0 Å². The molecule has 0 amide bonds. The highest BCUT2D eigenvalue weighted by Gasteiger charge is 2.19. The summed E-state index contributed by atoms with van der Waals surface area (Å²) < 4.78 is 2.13. The smallest absolute Gasteiger partial charge is 0.109 e. The molecule has 0 spiro atoms. The first-order valence-corrected chi connectivity index (χ1v) is 8.04. The first-order valence-electron chi connectivity index (χ1n) is 8.04. The fraction of sp³-hybridized carbons (Fsp3) is 0.500. The van der Waals surface area contributed by atoms with Crippen molar-refractivity contribution in [2.24, 2.45) is 13.0 Å². The number of hydrogen-bond acceptors (Lipinski definition) is 2. The summed E-state index contributed by atoms with van der Waals surface area (Å²) in [4.78, 5) is 7.00. The third-order valence-corrected chi connectivity index (χ3v) is 4.65. The Hall–Kier alpha value is -1.61. The van der Waals surface area contributed by atoms with Gasteiger partial charge < -0.3 is 9.47 Å². The van der Waals surface area contributed by atoms with Gasteiger partial charge >= 0.3 is 0 Å². The maximum Gasteiger partial charge on any atom is 0.109 e. The topological polar surface area (TPSA) is 21.1 Å². The van der Waals surface area contributed by atoms with Crippen LogP contribution in [0.4, 0.5) is 0 Å². The molecule has 1 aliphatic rings. The van der Waals surface area contributed by atoms with Gasteiger partial charge in [0.05, 0.1) is 0 Å². The highest BCUT2D eigenvalue weighted by molar-refractivity contribution is 5.15. The normalized spacial score (nSPS) is 17.2. The molecule has 112 valence electrons. The van der Waals surface area contributed by atoms with Gasteiger partial charge in [-0.25, -0.2) is 4.98 Å². The van der Waals surface area contributed by atoms with Crippen LogP contribution in [0.5, 0.6) is 0 Å². The van der Waals surface area contributed by atoms with Crippen LogP contribution < -0.4 is 0 Å². The van der Waals surface area contributed by atoms with Crippen LogP contribution in [0.3, 0.4) is 0 Å². The van der Waals surface area contributed by atoms with Gasteiger partial charge in [0.1, 0.15) is 5.82 Å². The SMILES string of the molecule is Cn1ccnc1CCN1CCC(Cc2ccccc2)CC1. The van der Waals surface area contributed by atoms with E-state index in [0.717, 1.165) is 18.9 Å². The molecule has 3 heteroatoms. The van der Waals surface area contributed by atoms with E-state index >= 15 is 0 Å². The average Bonchev–Trinajstić information content (AvgIpc) is 2.93.